The molecule has 0 aliphatic heterocycles. The molecule has 0 fully saturated rings. The molecule has 0 aromatic carbocycles. The molecule has 17 heavy (non-hydrogen) atoms. The number of nitrogens with zero attached hydrogens (tertiary/aromatic N) is 1. The molecule has 1 heterocycles. The minimum Gasteiger partial charge on any atom is -0.390 e. The first kappa shape index (κ1) is 13.5. The Bertz CT molecular complexity index is 450. The summed E-state index contributed by atoms with van der Waals surface area (Å²) in [5, 5.41) is 0.311. The number of anilines is 1. The number of hydrogen-bond donors (Lipinski definition) is 2. The number of rotatable bonds is 4. The molecule has 5 nitrogen and oxygen atoms in total. The van der Waals surface area contributed by atoms with Gasteiger partial charge < -0.3 is 16.4 Å². The van der Waals surface area contributed by atoms with Gasteiger partial charge in [0.1, 0.15) is 0 Å². The van der Waals surface area contributed by atoms with Gasteiger partial charge in [-0.05, 0) is 26.3 Å². The first-order chi connectivity index (χ1) is 7.93. The average Bonchev–Trinajstić information content (AvgIpc) is 2.55. The van der Waals surface area contributed by atoms with E-state index in [0.717, 1.165) is 11.3 Å². The van der Waals surface area contributed by atoms with Crippen LogP contribution < -0.4 is 11.5 Å². The molecule has 0 radical (unpaired) electrons. The van der Waals surface area contributed by atoms with Gasteiger partial charge in [-0.3, -0.25) is 9.59 Å². The first-order valence-corrected chi connectivity index (χ1v) is 6.23. The Kier molecular flexibility index (Phi) is 4.11. The van der Waals surface area contributed by atoms with Crippen molar-refractivity contribution in [2.24, 2.45) is 5.73 Å². The fraction of sp³-hybridized carbons (Fsp3) is 0.455. The topological polar surface area (TPSA) is 89.4 Å². The fourth-order valence-corrected chi connectivity index (χ4v) is 2.75. The summed E-state index contributed by atoms with van der Waals surface area (Å²) in [4.78, 5) is 25.5. The van der Waals surface area contributed by atoms with Crippen molar-refractivity contribution in [3.8, 4) is 0 Å². The Morgan fingerprint density at radius 3 is 2.18 bits per heavy atom. The molecule has 1 aromatic heterocycles. The van der Waals surface area contributed by atoms with Crippen LogP contribution in [0.25, 0.3) is 0 Å². The molecular weight excluding hydrogens is 238 g/mol. The van der Waals surface area contributed by atoms with E-state index in [1.807, 2.05) is 13.8 Å². The van der Waals surface area contributed by atoms with E-state index in [1.165, 1.54) is 0 Å². The highest BCUT2D eigenvalue weighted by Gasteiger charge is 2.23. The summed E-state index contributed by atoms with van der Waals surface area (Å²) in [6.07, 6.45) is 0. The number of carbonyl (C=O) groups is 2. The number of carbonyl (C=O) groups excluding carboxylic acids is 2. The van der Waals surface area contributed by atoms with Gasteiger partial charge in [-0.2, -0.15) is 0 Å². The van der Waals surface area contributed by atoms with Crippen molar-refractivity contribution in [3.05, 3.63) is 16.0 Å². The predicted octanol–water partition coefficient (Wildman–Crippen LogP) is 1.22. The highest BCUT2D eigenvalue weighted by atomic mass is 32.1. The zero-order valence-electron chi connectivity index (χ0n) is 10.2. The summed E-state index contributed by atoms with van der Waals surface area (Å²) in [7, 11) is 0. The lowest BCUT2D eigenvalue weighted by Gasteiger charge is -2.17. The van der Waals surface area contributed by atoms with Crippen molar-refractivity contribution in [1.29, 1.82) is 0 Å². The maximum atomic E-state index is 12.1. The summed E-state index contributed by atoms with van der Waals surface area (Å²) in [5.74, 6) is -0.688. The van der Waals surface area contributed by atoms with Crippen LogP contribution in [0, 0.1) is 6.92 Å². The number of thiophene rings is 1. The van der Waals surface area contributed by atoms with E-state index in [4.69, 9.17) is 11.5 Å². The number of hydrogen-bond acceptors (Lipinski definition) is 4. The summed E-state index contributed by atoms with van der Waals surface area (Å²) < 4.78 is 0. The third kappa shape index (κ3) is 2.41. The van der Waals surface area contributed by atoms with Gasteiger partial charge in [0.2, 0.25) is 0 Å². The molecule has 0 saturated heterocycles. The number of amides is 2. The standard InChI is InChI=1S/C11H17N3O2S/c1-4-14(5-2)11(16)8-6(3)7(9(12)15)10(13)17-8/h4-5,13H2,1-3H3,(H2,12,15). The molecule has 0 aliphatic rings. The summed E-state index contributed by atoms with van der Waals surface area (Å²) in [6.45, 7) is 6.76. The Morgan fingerprint density at radius 1 is 1.29 bits per heavy atom. The zero-order chi connectivity index (χ0) is 13.2. The third-order valence-electron chi connectivity index (χ3n) is 2.67. The van der Waals surface area contributed by atoms with Gasteiger partial charge in [-0.25, -0.2) is 0 Å². The van der Waals surface area contributed by atoms with Gasteiger partial charge in [0, 0.05) is 13.1 Å². The molecule has 2 amide bonds. The van der Waals surface area contributed by atoms with Crippen LogP contribution in [-0.2, 0) is 0 Å². The lowest BCUT2D eigenvalue weighted by molar-refractivity contribution is 0.0777. The SMILES string of the molecule is CCN(CC)C(=O)c1sc(N)c(C(N)=O)c1C. The molecular formula is C11H17N3O2S. The average molecular weight is 255 g/mol. The van der Waals surface area contributed by atoms with Crippen LogP contribution >= 0.6 is 11.3 Å². The molecule has 6 heteroatoms. The van der Waals surface area contributed by atoms with Crippen LogP contribution in [0.15, 0.2) is 0 Å². The van der Waals surface area contributed by atoms with Crippen molar-refractivity contribution in [2.75, 3.05) is 18.8 Å². The Morgan fingerprint density at radius 2 is 1.82 bits per heavy atom. The predicted molar refractivity (Wildman–Crippen MR) is 69.2 cm³/mol. The van der Waals surface area contributed by atoms with E-state index in [1.54, 1.807) is 11.8 Å². The number of nitrogens with two attached hydrogens (primary N) is 2. The maximum Gasteiger partial charge on any atom is 0.264 e. The van der Waals surface area contributed by atoms with Gasteiger partial charge in [0.05, 0.1) is 15.4 Å². The smallest absolute Gasteiger partial charge is 0.264 e. The van der Waals surface area contributed by atoms with Crippen molar-refractivity contribution in [2.45, 2.75) is 20.8 Å². The van der Waals surface area contributed by atoms with Crippen molar-refractivity contribution in [1.82, 2.24) is 4.90 Å². The van der Waals surface area contributed by atoms with Crippen molar-refractivity contribution < 1.29 is 9.59 Å². The second-order valence-electron chi connectivity index (χ2n) is 3.64. The lowest BCUT2D eigenvalue weighted by atomic mass is 10.1. The van der Waals surface area contributed by atoms with E-state index in [0.29, 0.717) is 28.5 Å². The Labute approximate surface area is 104 Å². The van der Waals surface area contributed by atoms with Gasteiger partial charge in [-0.15, -0.1) is 11.3 Å². The Hall–Kier alpha value is -1.56. The van der Waals surface area contributed by atoms with Gasteiger partial charge >= 0.3 is 0 Å². The Balaban J connectivity index is 3.20. The molecule has 94 valence electrons. The van der Waals surface area contributed by atoms with Crippen molar-refractivity contribution >= 4 is 28.2 Å². The van der Waals surface area contributed by atoms with Crippen molar-refractivity contribution in [3.63, 3.8) is 0 Å². The molecule has 0 bridgehead atoms. The van der Waals surface area contributed by atoms with Gasteiger partial charge in [0.25, 0.3) is 11.8 Å². The van der Waals surface area contributed by atoms with Crippen LogP contribution in [-0.4, -0.2) is 29.8 Å². The highest BCUT2D eigenvalue weighted by molar-refractivity contribution is 7.18. The zero-order valence-corrected chi connectivity index (χ0v) is 11.1. The number of primary amides is 1. The molecule has 0 aliphatic carbocycles. The van der Waals surface area contributed by atoms with Crippen LogP contribution in [0.5, 0.6) is 0 Å². The second kappa shape index (κ2) is 5.18. The van der Waals surface area contributed by atoms with E-state index in [9.17, 15) is 9.59 Å². The van der Waals surface area contributed by atoms with Crippen LogP contribution in [0.1, 0.15) is 39.4 Å². The minimum atomic E-state index is -0.588. The van der Waals surface area contributed by atoms with E-state index >= 15 is 0 Å². The van der Waals surface area contributed by atoms with Crippen LogP contribution in [0.2, 0.25) is 0 Å². The highest BCUT2D eigenvalue weighted by Crippen LogP contribution is 2.30. The second-order valence-corrected chi connectivity index (χ2v) is 4.69. The largest absolute Gasteiger partial charge is 0.390 e. The molecule has 0 saturated carbocycles. The van der Waals surface area contributed by atoms with E-state index in [-0.39, 0.29) is 11.5 Å². The molecule has 0 spiro atoms. The fourth-order valence-electron chi connectivity index (χ4n) is 1.70. The first-order valence-electron chi connectivity index (χ1n) is 5.41. The molecule has 4 N–H and O–H groups in total. The summed E-state index contributed by atoms with van der Waals surface area (Å²) in [5.41, 5.74) is 11.8. The monoisotopic (exact) mass is 255 g/mol. The molecule has 1 aromatic rings. The molecule has 0 unspecified atom stereocenters. The van der Waals surface area contributed by atoms with E-state index < -0.39 is 5.91 Å². The van der Waals surface area contributed by atoms with Crippen LogP contribution in [0.3, 0.4) is 0 Å². The van der Waals surface area contributed by atoms with E-state index in [2.05, 4.69) is 0 Å². The quantitative estimate of drug-likeness (QED) is 0.847. The lowest BCUT2D eigenvalue weighted by Crippen LogP contribution is -2.30. The van der Waals surface area contributed by atoms with Gasteiger partial charge in [-0.1, -0.05) is 0 Å². The van der Waals surface area contributed by atoms with Crippen LogP contribution in [0.4, 0.5) is 5.00 Å². The minimum absolute atomic E-state index is 0.100. The maximum absolute atomic E-state index is 12.1. The third-order valence-corrected chi connectivity index (χ3v) is 3.77. The van der Waals surface area contributed by atoms with Gasteiger partial charge in [0.15, 0.2) is 0 Å². The molecule has 1 rings (SSSR count). The summed E-state index contributed by atoms with van der Waals surface area (Å²) >= 11 is 1.12. The molecule has 0 atom stereocenters. The summed E-state index contributed by atoms with van der Waals surface area (Å²) in [6, 6.07) is 0. The number of nitrogen functional groups attached to an aromatic ring is 1. The normalized spacial score (nSPS) is 10.3.